The highest BCUT2D eigenvalue weighted by Crippen LogP contribution is 2.24. The van der Waals surface area contributed by atoms with E-state index in [4.69, 9.17) is 5.73 Å². The first-order valence-electron chi connectivity index (χ1n) is 8.18. The molecule has 1 atom stereocenters. The Bertz CT molecular complexity index is 886. The molecule has 1 aliphatic rings. The van der Waals surface area contributed by atoms with Crippen LogP contribution in [0.5, 0.6) is 0 Å². The molecule has 0 bridgehead atoms. The van der Waals surface area contributed by atoms with Crippen molar-refractivity contribution in [2.24, 2.45) is 7.05 Å². The van der Waals surface area contributed by atoms with Gasteiger partial charge in [0, 0.05) is 32.5 Å². The lowest BCUT2D eigenvalue weighted by Gasteiger charge is -2.19. The number of nitrogens with zero attached hydrogens (tertiary/aromatic N) is 7. The molecule has 4 heterocycles. The van der Waals surface area contributed by atoms with Crippen molar-refractivity contribution < 1.29 is 5.11 Å². The lowest BCUT2D eigenvalue weighted by Crippen LogP contribution is -2.24. The van der Waals surface area contributed by atoms with Crippen LogP contribution in [0.1, 0.15) is 29.6 Å². The molecule has 0 aliphatic carbocycles. The smallest absolute Gasteiger partial charge is 0.227 e. The number of fused-ring (bicyclic) bond motifs is 1. The van der Waals surface area contributed by atoms with Crippen LogP contribution in [0.25, 0.3) is 0 Å². The highest BCUT2D eigenvalue weighted by molar-refractivity contribution is 5.38. The number of aliphatic hydroxyl groups is 1. The summed E-state index contributed by atoms with van der Waals surface area (Å²) in [4.78, 5) is 10.7. The van der Waals surface area contributed by atoms with Crippen LogP contribution >= 0.6 is 0 Å². The third-order valence-electron chi connectivity index (χ3n) is 4.40. The fourth-order valence-corrected chi connectivity index (χ4v) is 3.11. The summed E-state index contributed by atoms with van der Waals surface area (Å²) in [5.74, 6) is 1.07. The van der Waals surface area contributed by atoms with E-state index in [0.717, 1.165) is 25.2 Å². The van der Waals surface area contributed by atoms with E-state index >= 15 is 0 Å². The summed E-state index contributed by atoms with van der Waals surface area (Å²) in [6.07, 6.45) is 3.44. The van der Waals surface area contributed by atoms with Crippen molar-refractivity contribution in [2.75, 3.05) is 17.2 Å². The molecule has 3 N–H and O–H groups in total. The minimum Gasteiger partial charge on any atom is -0.384 e. The zero-order valence-electron chi connectivity index (χ0n) is 13.9. The van der Waals surface area contributed by atoms with Gasteiger partial charge in [-0.05, 0) is 24.6 Å². The molecule has 3 aromatic rings. The first kappa shape index (κ1) is 15.6. The van der Waals surface area contributed by atoms with Crippen LogP contribution in [0.3, 0.4) is 0 Å². The molecular formula is C16H20N8O. The van der Waals surface area contributed by atoms with Gasteiger partial charge < -0.3 is 15.7 Å². The molecule has 0 unspecified atom stereocenters. The normalized spacial score (nSPS) is 15.7. The van der Waals surface area contributed by atoms with Crippen LogP contribution in [0.4, 0.5) is 11.8 Å². The van der Waals surface area contributed by atoms with E-state index in [1.54, 1.807) is 36.3 Å². The van der Waals surface area contributed by atoms with E-state index in [1.165, 1.54) is 0 Å². The second-order valence-electron chi connectivity index (χ2n) is 6.12. The number of hydrogen-bond donors (Lipinski definition) is 2. The summed E-state index contributed by atoms with van der Waals surface area (Å²) < 4.78 is 3.60. The molecule has 9 nitrogen and oxygen atoms in total. The van der Waals surface area contributed by atoms with Gasteiger partial charge in [0.05, 0.1) is 23.6 Å². The highest BCUT2D eigenvalue weighted by Gasteiger charge is 2.23. The Morgan fingerprint density at radius 2 is 2.12 bits per heavy atom. The fourth-order valence-electron chi connectivity index (χ4n) is 3.11. The van der Waals surface area contributed by atoms with Gasteiger partial charge in [0.25, 0.3) is 0 Å². The van der Waals surface area contributed by atoms with Crippen molar-refractivity contribution in [3.8, 4) is 0 Å². The molecule has 130 valence electrons. The fraction of sp³-hybridized carbons (Fsp3) is 0.375. The Morgan fingerprint density at radius 3 is 2.88 bits per heavy atom. The Hall–Kier alpha value is -2.94. The van der Waals surface area contributed by atoms with Crippen LogP contribution in [-0.4, -0.2) is 41.2 Å². The van der Waals surface area contributed by atoms with Gasteiger partial charge in [-0.25, -0.2) is 4.98 Å². The SMILES string of the molecule is Cn1nccc1[C@H](O)c1cc2n(n1)CCCN(c1nccc(N)n1)C2. The Balaban J connectivity index is 1.62. The van der Waals surface area contributed by atoms with Crippen molar-refractivity contribution >= 4 is 11.8 Å². The number of aliphatic hydroxyl groups excluding tert-OH is 1. The second-order valence-corrected chi connectivity index (χ2v) is 6.12. The number of aromatic nitrogens is 6. The van der Waals surface area contributed by atoms with E-state index in [0.29, 0.717) is 29.7 Å². The van der Waals surface area contributed by atoms with Gasteiger partial charge >= 0.3 is 0 Å². The quantitative estimate of drug-likeness (QED) is 0.713. The van der Waals surface area contributed by atoms with Gasteiger partial charge in [0.2, 0.25) is 5.95 Å². The highest BCUT2D eigenvalue weighted by atomic mass is 16.3. The molecule has 4 rings (SSSR count). The third kappa shape index (κ3) is 2.93. The molecule has 25 heavy (non-hydrogen) atoms. The van der Waals surface area contributed by atoms with Gasteiger partial charge in [-0.1, -0.05) is 0 Å². The second kappa shape index (κ2) is 6.17. The standard InChI is InChI=1S/C16H20N8O/c1-22-13(3-6-19-22)15(25)12-9-11-10-23(7-2-8-24(11)21-12)16-18-5-4-14(17)20-16/h3-6,9,15,25H,2,7-8,10H2,1H3,(H2,17,18,20)/t15-/m1/s1. The predicted molar refractivity (Wildman–Crippen MR) is 91.6 cm³/mol. The van der Waals surface area contributed by atoms with Gasteiger partial charge in [-0.2, -0.15) is 15.2 Å². The van der Waals surface area contributed by atoms with Crippen molar-refractivity contribution in [3.05, 3.63) is 47.7 Å². The minimum absolute atomic E-state index is 0.454. The Morgan fingerprint density at radius 1 is 1.24 bits per heavy atom. The van der Waals surface area contributed by atoms with E-state index < -0.39 is 6.10 Å². The minimum atomic E-state index is -0.802. The zero-order chi connectivity index (χ0) is 17.4. The predicted octanol–water partition coefficient (Wildman–Crippen LogP) is 0.481. The molecular weight excluding hydrogens is 320 g/mol. The van der Waals surface area contributed by atoms with Crippen molar-refractivity contribution in [3.63, 3.8) is 0 Å². The first-order chi connectivity index (χ1) is 12.1. The van der Waals surface area contributed by atoms with Crippen LogP contribution in [0.2, 0.25) is 0 Å². The summed E-state index contributed by atoms with van der Waals surface area (Å²) in [6, 6.07) is 5.40. The van der Waals surface area contributed by atoms with Crippen LogP contribution in [0.15, 0.2) is 30.6 Å². The van der Waals surface area contributed by atoms with Gasteiger partial charge in [0.15, 0.2) is 0 Å². The lowest BCUT2D eigenvalue weighted by atomic mass is 10.2. The van der Waals surface area contributed by atoms with Gasteiger partial charge in [0.1, 0.15) is 11.9 Å². The maximum atomic E-state index is 10.6. The van der Waals surface area contributed by atoms with Crippen LogP contribution in [-0.2, 0) is 20.1 Å². The lowest BCUT2D eigenvalue weighted by molar-refractivity contribution is 0.203. The van der Waals surface area contributed by atoms with E-state index in [2.05, 4.69) is 25.1 Å². The summed E-state index contributed by atoms with van der Waals surface area (Å²) in [7, 11) is 1.80. The maximum Gasteiger partial charge on any atom is 0.227 e. The molecule has 0 saturated carbocycles. The summed E-state index contributed by atoms with van der Waals surface area (Å²) >= 11 is 0. The van der Waals surface area contributed by atoms with Crippen molar-refractivity contribution in [1.29, 1.82) is 0 Å². The first-order valence-corrected chi connectivity index (χ1v) is 8.18. The Labute approximate surface area is 144 Å². The van der Waals surface area contributed by atoms with Crippen LogP contribution in [0, 0.1) is 0 Å². The van der Waals surface area contributed by atoms with Crippen molar-refractivity contribution in [1.82, 2.24) is 29.5 Å². The molecule has 0 spiro atoms. The van der Waals surface area contributed by atoms with Crippen molar-refractivity contribution in [2.45, 2.75) is 25.6 Å². The number of rotatable bonds is 3. The molecule has 1 aliphatic heterocycles. The summed E-state index contributed by atoms with van der Waals surface area (Å²) in [5, 5.41) is 19.3. The number of hydrogen-bond acceptors (Lipinski definition) is 7. The van der Waals surface area contributed by atoms with E-state index in [1.807, 2.05) is 10.7 Å². The van der Waals surface area contributed by atoms with Crippen LogP contribution < -0.4 is 10.6 Å². The average Bonchev–Trinajstić information content (AvgIpc) is 3.15. The average molecular weight is 340 g/mol. The number of nitrogen functional groups attached to an aromatic ring is 1. The molecule has 9 heteroatoms. The molecule has 0 fully saturated rings. The molecule has 0 radical (unpaired) electrons. The van der Waals surface area contributed by atoms with E-state index in [9.17, 15) is 5.11 Å². The zero-order valence-corrected chi connectivity index (χ0v) is 13.9. The van der Waals surface area contributed by atoms with Gasteiger partial charge in [-0.15, -0.1) is 0 Å². The molecule has 0 saturated heterocycles. The number of aryl methyl sites for hydroxylation is 2. The Kier molecular flexibility index (Phi) is 3.85. The topological polar surface area (TPSA) is 111 Å². The molecule has 0 aromatic carbocycles. The third-order valence-corrected chi connectivity index (χ3v) is 4.40. The number of anilines is 2. The number of nitrogens with two attached hydrogens (primary N) is 1. The monoisotopic (exact) mass is 340 g/mol. The largest absolute Gasteiger partial charge is 0.384 e. The summed E-state index contributed by atoms with van der Waals surface area (Å²) in [5.41, 5.74) is 8.12. The summed E-state index contributed by atoms with van der Waals surface area (Å²) in [6.45, 7) is 2.23. The molecule has 3 aromatic heterocycles. The maximum absolute atomic E-state index is 10.6. The van der Waals surface area contributed by atoms with E-state index in [-0.39, 0.29) is 0 Å². The molecule has 0 amide bonds. The van der Waals surface area contributed by atoms with Gasteiger partial charge in [-0.3, -0.25) is 9.36 Å².